The maximum atomic E-state index is 6.02. The van der Waals surface area contributed by atoms with E-state index < -0.39 is 0 Å². The van der Waals surface area contributed by atoms with Gasteiger partial charge in [0.2, 0.25) is 0 Å². The zero-order valence-electron chi connectivity index (χ0n) is 9.25. The van der Waals surface area contributed by atoms with Gasteiger partial charge in [0.05, 0.1) is 0 Å². The van der Waals surface area contributed by atoms with E-state index >= 15 is 0 Å². The first-order chi connectivity index (χ1) is 6.61. The van der Waals surface area contributed by atoms with Crippen LogP contribution in [0.1, 0.15) is 37.8 Å². The molecule has 0 aromatic heterocycles. The summed E-state index contributed by atoms with van der Waals surface area (Å²) in [5, 5.41) is 0. The highest BCUT2D eigenvalue weighted by Crippen LogP contribution is 2.43. The van der Waals surface area contributed by atoms with Crippen LogP contribution < -0.4 is 5.73 Å². The predicted octanol–water partition coefficient (Wildman–Crippen LogP) is 3.20. The van der Waals surface area contributed by atoms with Gasteiger partial charge < -0.3 is 5.73 Å². The summed E-state index contributed by atoms with van der Waals surface area (Å²) in [6.07, 6.45) is 1.21. The van der Waals surface area contributed by atoms with Crippen LogP contribution in [0.2, 0.25) is 0 Å². The highest BCUT2D eigenvalue weighted by molar-refractivity contribution is 5.55. The summed E-state index contributed by atoms with van der Waals surface area (Å²) in [6, 6.07) is 6.33. The SMILES string of the molecule is CC(C)C1Cc2cccc(N)c2C1C. The predicted molar refractivity (Wildman–Crippen MR) is 61.3 cm³/mol. The van der Waals surface area contributed by atoms with Gasteiger partial charge in [-0.1, -0.05) is 32.9 Å². The molecule has 1 aliphatic rings. The summed E-state index contributed by atoms with van der Waals surface area (Å²) in [5.41, 5.74) is 9.89. The fraction of sp³-hybridized carbons (Fsp3) is 0.538. The van der Waals surface area contributed by atoms with Gasteiger partial charge in [-0.15, -0.1) is 0 Å². The lowest BCUT2D eigenvalue weighted by atomic mass is 9.85. The van der Waals surface area contributed by atoms with Crippen molar-refractivity contribution in [1.29, 1.82) is 0 Å². The van der Waals surface area contributed by atoms with E-state index in [2.05, 4.69) is 32.9 Å². The lowest BCUT2D eigenvalue weighted by Gasteiger charge is -2.20. The Hall–Kier alpha value is -0.980. The first kappa shape index (κ1) is 9.57. The fourth-order valence-corrected chi connectivity index (χ4v) is 2.82. The Morgan fingerprint density at radius 1 is 1.36 bits per heavy atom. The van der Waals surface area contributed by atoms with Crippen LogP contribution in [0.15, 0.2) is 18.2 Å². The number of nitrogens with two attached hydrogens (primary N) is 1. The van der Waals surface area contributed by atoms with Gasteiger partial charge in [-0.25, -0.2) is 0 Å². The van der Waals surface area contributed by atoms with Crippen molar-refractivity contribution >= 4 is 5.69 Å². The van der Waals surface area contributed by atoms with Crippen LogP contribution in [0.5, 0.6) is 0 Å². The number of hydrogen-bond donors (Lipinski definition) is 1. The van der Waals surface area contributed by atoms with Crippen molar-refractivity contribution in [3.8, 4) is 0 Å². The van der Waals surface area contributed by atoms with E-state index in [0.29, 0.717) is 5.92 Å². The summed E-state index contributed by atoms with van der Waals surface area (Å²) in [6.45, 7) is 6.93. The molecule has 0 aliphatic heterocycles. The van der Waals surface area contributed by atoms with Crippen LogP contribution >= 0.6 is 0 Å². The molecule has 0 amide bonds. The Kier molecular flexibility index (Phi) is 2.26. The molecule has 0 saturated heterocycles. The van der Waals surface area contributed by atoms with Gasteiger partial charge in [0.25, 0.3) is 0 Å². The quantitative estimate of drug-likeness (QED) is 0.674. The number of rotatable bonds is 1. The topological polar surface area (TPSA) is 26.0 Å². The van der Waals surface area contributed by atoms with Gasteiger partial charge in [0, 0.05) is 5.69 Å². The third kappa shape index (κ3) is 1.31. The average molecular weight is 189 g/mol. The molecule has 0 bridgehead atoms. The Bertz CT molecular complexity index is 341. The molecular formula is C13H19N. The average Bonchev–Trinajstić information content (AvgIpc) is 2.45. The van der Waals surface area contributed by atoms with E-state index in [0.717, 1.165) is 17.5 Å². The molecule has 1 heteroatoms. The van der Waals surface area contributed by atoms with Gasteiger partial charge >= 0.3 is 0 Å². The highest BCUT2D eigenvalue weighted by Gasteiger charge is 2.32. The molecular weight excluding hydrogens is 170 g/mol. The van der Waals surface area contributed by atoms with Crippen molar-refractivity contribution in [3.05, 3.63) is 29.3 Å². The van der Waals surface area contributed by atoms with Crippen LogP contribution in [0.3, 0.4) is 0 Å². The lowest BCUT2D eigenvalue weighted by Crippen LogP contribution is -2.12. The first-order valence-corrected chi connectivity index (χ1v) is 5.48. The summed E-state index contributed by atoms with van der Waals surface area (Å²) in [4.78, 5) is 0. The van der Waals surface area contributed by atoms with Crippen LogP contribution in [0.25, 0.3) is 0 Å². The van der Waals surface area contributed by atoms with Gasteiger partial charge in [0.15, 0.2) is 0 Å². The van der Waals surface area contributed by atoms with Gasteiger partial charge in [-0.3, -0.25) is 0 Å². The third-order valence-electron chi connectivity index (χ3n) is 3.64. The molecule has 2 atom stereocenters. The minimum absolute atomic E-state index is 0.631. The van der Waals surface area contributed by atoms with Crippen molar-refractivity contribution in [2.45, 2.75) is 33.1 Å². The number of nitrogen functional groups attached to an aromatic ring is 1. The lowest BCUT2D eigenvalue weighted by molar-refractivity contribution is 0.356. The van der Waals surface area contributed by atoms with Crippen LogP contribution in [0.4, 0.5) is 5.69 Å². The van der Waals surface area contributed by atoms with Crippen molar-refractivity contribution in [2.24, 2.45) is 11.8 Å². The highest BCUT2D eigenvalue weighted by atomic mass is 14.6. The van der Waals surface area contributed by atoms with Gasteiger partial charge in [-0.2, -0.15) is 0 Å². The molecule has 1 aliphatic carbocycles. The first-order valence-electron chi connectivity index (χ1n) is 5.48. The third-order valence-corrected chi connectivity index (χ3v) is 3.64. The number of anilines is 1. The molecule has 2 N–H and O–H groups in total. The standard InChI is InChI=1S/C13H19N/c1-8(2)11-7-10-5-4-6-12(14)13(10)9(11)3/h4-6,8-9,11H,7,14H2,1-3H3. The zero-order chi connectivity index (χ0) is 10.3. The van der Waals surface area contributed by atoms with Crippen LogP contribution in [0, 0.1) is 11.8 Å². The molecule has 0 heterocycles. The largest absolute Gasteiger partial charge is 0.398 e. The number of benzene rings is 1. The molecule has 0 fully saturated rings. The summed E-state index contributed by atoms with van der Waals surface area (Å²) >= 11 is 0. The maximum absolute atomic E-state index is 6.02. The Morgan fingerprint density at radius 2 is 2.07 bits per heavy atom. The normalized spacial score (nSPS) is 25.4. The van der Waals surface area contributed by atoms with Crippen molar-refractivity contribution < 1.29 is 0 Å². The molecule has 0 saturated carbocycles. The molecule has 1 aromatic carbocycles. The minimum Gasteiger partial charge on any atom is -0.398 e. The van der Waals surface area contributed by atoms with Crippen molar-refractivity contribution in [1.82, 2.24) is 0 Å². The van der Waals surface area contributed by atoms with E-state index in [1.807, 2.05) is 6.07 Å². The number of fused-ring (bicyclic) bond motifs is 1. The van der Waals surface area contributed by atoms with E-state index in [4.69, 9.17) is 5.73 Å². The molecule has 1 nitrogen and oxygen atoms in total. The molecule has 2 unspecified atom stereocenters. The van der Waals surface area contributed by atoms with E-state index in [1.165, 1.54) is 17.5 Å². The Balaban J connectivity index is 2.41. The van der Waals surface area contributed by atoms with Crippen LogP contribution in [-0.2, 0) is 6.42 Å². The molecule has 1 aromatic rings. The second-order valence-corrected chi connectivity index (χ2v) is 4.82. The summed E-state index contributed by atoms with van der Waals surface area (Å²) in [5.74, 6) is 2.15. The number of hydrogen-bond acceptors (Lipinski definition) is 1. The second-order valence-electron chi connectivity index (χ2n) is 4.82. The molecule has 2 rings (SSSR count). The van der Waals surface area contributed by atoms with E-state index in [-0.39, 0.29) is 0 Å². The molecule has 0 spiro atoms. The van der Waals surface area contributed by atoms with Crippen molar-refractivity contribution in [3.63, 3.8) is 0 Å². The summed E-state index contributed by atoms with van der Waals surface area (Å²) < 4.78 is 0. The van der Waals surface area contributed by atoms with Gasteiger partial charge in [0.1, 0.15) is 0 Å². The second kappa shape index (κ2) is 3.30. The van der Waals surface area contributed by atoms with E-state index in [1.54, 1.807) is 0 Å². The molecule has 0 radical (unpaired) electrons. The van der Waals surface area contributed by atoms with Gasteiger partial charge in [-0.05, 0) is 41.4 Å². The maximum Gasteiger partial charge on any atom is 0.0352 e. The Morgan fingerprint density at radius 3 is 2.64 bits per heavy atom. The zero-order valence-corrected chi connectivity index (χ0v) is 9.25. The Labute approximate surface area is 86.3 Å². The van der Waals surface area contributed by atoms with E-state index in [9.17, 15) is 0 Å². The molecule has 14 heavy (non-hydrogen) atoms. The smallest absolute Gasteiger partial charge is 0.0352 e. The molecule has 76 valence electrons. The minimum atomic E-state index is 0.631. The van der Waals surface area contributed by atoms with Crippen molar-refractivity contribution in [2.75, 3.05) is 5.73 Å². The van der Waals surface area contributed by atoms with Crippen LogP contribution in [-0.4, -0.2) is 0 Å². The monoisotopic (exact) mass is 189 g/mol. The fourth-order valence-electron chi connectivity index (χ4n) is 2.82. The summed E-state index contributed by atoms with van der Waals surface area (Å²) in [7, 11) is 0.